The van der Waals surface area contributed by atoms with E-state index in [4.69, 9.17) is 10.3 Å². The summed E-state index contributed by atoms with van der Waals surface area (Å²) in [5.41, 5.74) is 6.62. The molecule has 16 heavy (non-hydrogen) atoms. The van der Waals surface area contributed by atoms with Gasteiger partial charge in [-0.2, -0.15) is 0 Å². The first-order chi connectivity index (χ1) is 7.28. The van der Waals surface area contributed by atoms with Crippen LogP contribution in [0.1, 0.15) is 24.3 Å². The SMILES string of the molecule is Cc1cc(CN2CCC(CN)CC2)on1.Cl. The summed E-state index contributed by atoms with van der Waals surface area (Å²) in [6.07, 6.45) is 2.42. The maximum atomic E-state index is 5.66. The Bertz CT molecular complexity index is 308. The highest BCUT2D eigenvalue weighted by atomic mass is 35.5. The van der Waals surface area contributed by atoms with Crippen LogP contribution >= 0.6 is 12.4 Å². The van der Waals surface area contributed by atoms with Gasteiger partial charge < -0.3 is 10.3 Å². The fraction of sp³-hybridized carbons (Fsp3) is 0.727. The first kappa shape index (κ1) is 13.5. The molecule has 0 aliphatic carbocycles. The lowest BCUT2D eigenvalue weighted by atomic mass is 9.97. The normalized spacial score (nSPS) is 18.4. The van der Waals surface area contributed by atoms with E-state index < -0.39 is 0 Å². The maximum Gasteiger partial charge on any atom is 0.150 e. The van der Waals surface area contributed by atoms with Crippen molar-refractivity contribution >= 4 is 12.4 Å². The average Bonchev–Trinajstić information content (AvgIpc) is 2.65. The van der Waals surface area contributed by atoms with Gasteiger partial charge in [-0.05, 0) is 45.3 Å². The number of piperidine rings is 1. The van der Waals surface area contributed by atoms with E-state index in [9.17, 15) is 0 Å². The van der Waals surface area contributed by atoms with Crippen molar-refractivity contribution in [3.8, 4) is 0 Å². The summed E-state index contributed by atoms with van der Waals surface area (Å²) in [7, 11) is 0. The number of aromatic nitrogens is 1. The van der Waals surface area contributed by atoms with Crippen molar-refractivity contribution in [1.29, 1.82) is 0 Å². The first-order valence-corrected chi connectivity index (χ1v) is 5.62. The van der Waals surface area contributed by atoms with Gasteiger partial charge in [-0.1, -0.05) is 5.16 Å². The van der Waals surface area contributed by atoms with Gasteiger partial charge in [-0.15, -0.1) is 12.4 Å². The minimum atomic E-state index is 0. The largest absolute Gasteiger partial charge is 0.360 e. The van der Waals surface area contributed by atoms with E-state index in [1.165, 1.54) is 12.8 Å². The van der Waals surface area contributed by atoms with Crippen LogP contribution in [-0.2, 0) is 6.54 Å². The molecule has 92 valence electrons. The molecule has 1 fully saturated rings. The minimum Gasteiger partial charge on any atom is -0.360 e. The Kier molecular flexibility index (Phi) is 5.25. The summed E-state index contributed by atoms with van der Waals surface area (Å²) < 4.78 is 5.20. The van der Waals surface area contributed by atoms with Gasteiger partial charge in [0.1, 0.15) is 0 Å². The summed E-state index contributed by atoms with van der Waals surface area (Å²) in [6.45, 7) is 5.92. The van der Waals surface area contributed by atoms with Crippen molar-refractivity contribution in [2.24, 2.45) is 11.7 Å². The van der Waals surface area contributed by atoms with Gasteiger partial charge in [0.25, 0.3) is 0 Å². The lowest BCUT2D eigenvalue weighted by molar-refractivity contribution is 0.164. The summed E-state index contributed by atoms with van der Waals surface area (Å²) in [5.74, 6) is 1.69. The van der Waals surface area contributed by atoms with Crippen molar-refractivity contribution in [3.05, 3.63) is 17.5 Å². The van der Waals surface area contributed by atoms with Crippen LogP contribution in [0, 0.1) is 12.8 Å². The second-order valence-electron chi connectivity index (χ2n) is 4.39. The Balaban J connectivity index is 0.00000128. The fourth-order valence-electron chi connectivity index (χ4n) is 2.09. The highest BCUT2D eigenvalue weighted by Gasteiger charge is 2.18. The molecule has 0 aromatic carbocycles. The van der Waals surface area contributed by atoms with Gasteiger partial charge in [-0.25, -0.2) is 0 Å². The molecule has 0 saturated carbocycles. The standard InChI is InChI=1S/C11H19N3O.ClH/c1-9-6-11(15-13-9)8-14-4-2-10(7-12)3-5-14;/h6,10H,2-5,7-8,12H2,1H3;1H. The van der Waals surface area contributed by atoms with Crippen molar-refractivity contribution in [2.45, 2.75) is 26.3 Å². The quantitative estimate of drug-likeness (QED) is 0.879. The molecule has 1 aliphatic heterocycles. The Morgan fingerprint density at radius 3 is 2.69 bits per heavy atom. The number of likely N-dealkylation sites (tertiary alicyclic amines) is 1. The molecular weight excluding hydrogens is 226 g/mol. The lowest BCUT2D eigenvalue weighted by Crippen LogP contribution is -2.35. The van der Waals surface area contributed by atoms with Crippen molar-refractivity contribution in [1.82, 2.24) is 10.1 Å². The molecule has 1 aromatic heterocycles. The third kappa shape index (κ3) is 3.47. The van der Waals surface area contributed by atoms with Crippen LogP contribution in [0.15, 0.2) is 10.6 Å². The summed E-state index contributed by atoms with van der Waals surface area (Å²) in [5, 5.41) is 3.89. The van der Waals surface area contributed by atoms with E-state index in [0.29, 0.717) is 0 Å². The molecule has 0 atom stereocenters. The summed E-state index contributed by atoms with van der Waals surface area (Å²) in [6, 6.07) is 2.01. The van der Waals surface area contributed by atoms with Crippen LogP contribution in [0.4, 0.5) is 0 Å². The molecule has 1 saturated heterocycles. The third-order valence-electron chi connectivity index (χ3n) is 3.10. The monoisotopic (exact) mass is 245 g/mol. The molecule has 2 rings (SSSR count). The number of hydrogen-bond donors (Lipinski definition) is 1. The summed E-state index contributed by atoms with van der Waals surface area (Å²) in [4.78, 5) is 2.41. The Hall–Kier alpha value is -0.580. The molecule has 0 unspecified atom stereocenters. The number of rotatable bonds is 3. The first-order valence-electron chi connectivity index (χ1n) is 5.62. The van der Waals surface area contributed by atoms with E-state index >= 15 is 0 Å². The van der Waals surface area contributed by atoms with Crippen LogP contribution in [0.25, 0.3) is 0 Å². The highest BCUT2D eigenvalue weighted by Crippen LogP contribution is 2.18. The Morgan fingerprint density at radius 2 is 2.19 bits per heavy atom. The zero-order valence-corrected chi connectivity index (χ0v) is 10.5. The van der Waals surface area contributed by atoms with Gasteiger partial charge >= 0.3 is 0 Å². The molecular formula is C11H20ClN3O. The molecule has 2 heterocycles. The van der Waals surface area contributed by atoms with Gasteiger partial charge in [0.05, 0.1) is 12.2 Å². The second-order valence-corrected chi connectivity index (χ2v) is 4.39. The second kappa shape index (κ2) is 6.23. The topological polar surface area (TPSA) is 55.3 Å². The van der Waals surface area contributed by atoms with Gasteiger partial charge in [0, 0.05) is 6.07 Å². The highest BCUT2D eigenvalue weighted by molar-refractivity contribution is 5.85. The van der Waals surface area contributed by atoms with Crippen molar-refractivity contribution in [3.63, 3.8) is 0 Å². The van der Waals surface area contributed by atoms with Crippen LogP contribution in [0.3, 0.4) is 0 Å². The van der Waals surface area contributed by atoms with Crippen LogP contribution < -0.4 is 5.73 Å². The van der Waals surface area contributed by atoms with E-state index in [2.05, 4.69) is 10.1 Å². The number of nitrogens with zero attached hydrogens (tertiary/aromatic N) is 2. The molecule has 5 heteroatoms. The molecule has 2 N–H and O–H groups in total. The lowest BCUT2D eigenvalue weighted by Gasteiger charge is -2.30. The van der Waals surface area contributed by atoms with E-state index in [1.807, 2.05) is 13.0 Å². The molecule has 0 bridgehead atoms. The third-order valence-corrected chi connectivity index (χ3v) is 3.10. The van der Waals surface area contributed by atoms with E-state index in [-0.39, 0.29) is 12.4 Å². The van der Waals surface area contributed by atoms with Crippen LogP contribution in [0.5, 0.6) is 0 Å². The zero-order chi connectivity index (χ0) is 10.7. The molecule has 1 aromatic rings. The molecule has 0 radical (unpaired) electrons. The molecule has 1 aliphatic rings. The van der Waals surface area contributed by atoms with Crippen LogP contribution in [0.2, 0.25) is 0 Å². The van der Waals surface area contributed by atoms with Gasteiger partial charge in [-0.3, -0.25) is 4.90 Å². The molecule has 0 amide bonds. The van der Waals surface area contributed by atoms with Crippen LogP contribution in [-0.4, -0.2) is 29.7 Å². The fourth-order valence-corrected chi connectivity index (χ4v) is 2.09. The Labute approximate surface area is 103 Å². The number of hydrogen-bond acceptors (Lipinski definition) is 4. The van der Waals surface area contributed by atoms with E-state index in [0.717, 1.165) is 43.6 Å². The predicted octanol–water partition coefficient (Wildman–Crippen LogP) is 1.58. The van der Waals surface area contributed by atoms with E-state index in [1.54, 1.807) is 0 Å². The summed E-state index contributed by atoms with van der Waals surface area (Å²) >= 11 is 0. The maximum absolute atomic E-state index is 5.66. The predicted molar refractivity (Wildman–Crippen MR) is 65.5 cm³/mol. The zero-order valence-electron chi connectivity index (χ0n) is 9.69. The molecule has 4 nitrogen and oxygen atoms in total. The smallest absolute Gasteiger partial charge is 0.150 e. The number of nitrogens with two attached hydrogens (primary N) is 1. The van der Waals surface area contributed by atoms with Gasteiger partial charge in [0.15, 0.2) is 5.76 Å². The van der Waals surface area contributed by atoms with Crippen molar-refractivity contribution in [2.75, 3.05) is 19.6 Å². The van der Waals surface area contributed by atoms with Gasteiger partial charge in [0.2, 0.25) is 0 Å². The minimum absolute atomic E-state index is 0. The number of halogens is 1. The molecule has 0 spiro atoms. The average molecular weight is 246 g/mol. The Morgan fingerprint density at radius 1 is 1.50 bits per heavy atom. The van der Waals surface area contributed by atoms with Crippen molar-refractivity contribution < 1.29 is 4.52 Å². The number of aryl methyl sites for hydroxylation is 1.